The molecule has 5 heteroatoms. The molecule has 2 bridgehead atoms. The normalized spacial score (nSPS) is 25.1. The summed E-state index contributed by atoms with van der Waals surface area (Å²) in [7, 11) is 0. The third kappa shape index (κ3) is 3.94. The summed E-state index contributed by atoms with van der Waals surface area (Å²) < 4.78 is 5.93. The molecule has 154 valence electrons. The zero-order valence-corrected chi connectivity index (χ0v) is 17.5. The van der Waals surface area contributed by atoms with Crippen molar-refractivity contribution in [2.45, 2.75) is 69.4 Å². The van der Waals surface area contributed by atoms with E-state index in [1.807, 2.05) is 25.1 Å². The predicted molar refractivity (Wildman–Crippen MR) is 114 cm³/mol. The zero-order chi connectivity index (χ0) is 20.4. The first-order chi connectivity index (χ1) is 14.0. The number of piperidine rings is 2. The van der Waals surface area contributed by atoms with Gasteiger partial charge >= 0.3 is 5.97 Å². The number of halogens is 1. The Bertz CT molecular complexity index is 819. The fourth-order valence-electron chi connectivity index (χ4n) is 5.03. The van der Waals surface area contributed by atoms with Crippen LogP contribution in [0.1, 0.15) is 56.6 Å². The third-order valence-corrected chi connectivity index (χ3v) is 6.69. The molecule has 29 heavy (non-hydrogen) atoms. The fourth-order valence-corrected chi connectivity index (χ4v) is 5.15. The van der Waals surface area contributed by atoms with Crippen LogP contribution in [-0.2, 0) is 15.1 Å². The molecule has 0 radical (unpaired) electrons. The van der Waals surface area contributed by atoms with E-state index in [2.05, 4.69) is 4.90 Å². The van der Waals surface area contributed by atoms with E-state index in [1.165, 1.54) is 12.8 Å². The molecule has 2 fully saturated rings. The summed E-state index contributed by atoms with van der Waals surface area (Å²) in [6.45, 7) is 1.93. The molecule has 0 amide bonds. The quantitative estimate of drug-likeness (QED) is 0.710. The molecule has 1 N–H and O–H groups in total. The average Bonchev–Trinajstić information content (AvgIpc) is 2.73. The Hall–Kier alpha value is -1.88. The van der Waals surface area contributed by atoms with Crippen molar-refractivity contribution >= 4 is 17.6 Å². The van der Waals surface area contributed by atoms with Gasteiger partial charge in [-0.1, -0.05) is 66.9 Å². The molecule has 0 saturated carbocycles. The highest BCUT2D eigenvalue weighted by Crippen LogP contribution is 2.37. The number of hydrogen-bond acceptors (Lipinski definition) is 4. The second kappa shape index (κ2) is 8.47. The standard InChI is InChI=1S/C24H28ClNO3/c1-17(26-21-9-5-10-22(26)12-6-11-21)29-23(27)24(28,18-7-3-2-4-8-18)19-13-15-20(25)16-14-19/h2-4,7-8,13-17,21-22,28H,5-6,9-12H2,1H3. The van der Waals surface area contributed by atoms with Crippen molar-refractivity contribution < 1.29 is 14.6 Å². The first-order valence-electron chi connectivity index (χ1n) is 10.5. The van der Waals surface area contributed by atoms with Crippen LogP contribution >= 0.6 is 11.6 Å². The highest BCUT2D eigenvalue weighted by atomic mass is 35.5. The van der Waals surface area contributed by atoms with E-state index in [-0.39, 0.29) is 6.23 Å². The van der Waals surface area contributed by atoms with Crippen molar-refractivity contribution in [1.29, 1.82) is 0 Å². The minimum absolute atomic E-state index is 0.374. The Balaban J connectivity index is 1.63. The Kier molecular flexibility index (Phi) is 5.95. The second-order valence-corrected chi connectivity index (χ2v) is 8.64. The first-order valence-corrected chi connectivity index (χ1v) is 10.9. The van der Waals surface area contributed by atoms with Gasteiger partial charge in [0.15, 0.2) is 6.23 Å². The van der Waals surface area contributed by atoms with E-state index in [1.54, 1.807) is 36.4 Å². The Morgan fingerprint density at radius 1 is 1.00 bits per heavy atom. The molecule has 2 unspecified atom stereocenters. The number of carbonyl (C=O) groups is 1. The van der Waals surface area contributed by atoms with Crippen molar-refractivity contribution in [3.8, 4) is 0 Å². The van der Waals surface area contributed by atoms with E-state index < -0.39 is 11.6 Å². The van der Waals surface area contributed by atoms with E-state index in [9.17, 15) is 9.90 Å². The molecule has 2 heterocycles. The minimum Gasteiger partial charge on any atom is -0.444 e. The lowest BCUT2D eigenvalue weighted by Crippen LogP contribution is -2.55. The summed E-state index contributed by atoms with van der Waals surface area (Å²) in [5.74, 6) is -0.651. The molecule has 4 rings (SSSR count). The molecule has 4 nitrogen and oxygen atoms in total. The second-order valence-electron chi connectivity index (χ2n) is 8.20. The molecule has 2 atom stereocenters. The number of esters is 1. The number of benzene rings is 2. The van der Waals surface area contributed by atoms with Crippen LogP contribution in [0.15, 0.2) is 54.6 Å². The van der Waals surface area contributed by atoms with Gasteiger partial charge in [-0.2, -0.15) is 0 Å². The lowest BCUT2D eigenvalue weighted by atomic mass is 9.84. The van der Waals surface area contributed by atoms with Gasteiger partial charge in [0.25, 0.3) is 0 Å². The van der Waals surface area contributed by atoms with Crippen molar-refractivity contribution in [1.82, 2.24) is 4.90 Å². The van der Waals surface area contributed by atoms with Crippen LogP contribution in [0.3, 0.4) is 0 Å². The molecule has 2 saturated heterocycles. The van der Waals surface area contributed by atoms with Crippen LogP contribution in [0.2, 0.25) is 5.02 Å². The van der Waals surface area contributed by atoms with E-state index in [0.717, 1.165) is 25.7 Å². The predicted octanol–water partition coefficient (Wildman–Crippen LogP) is 4.87. The largest absolute Gasteiger partial charge is 0.444 e. The molecule has 0 spiro atoms. The number of carbonyl (C=O) groups excluding carboxylic acids is 1. The van der Waals surface area contributed by atoms with Crippen LogP contribution in [0, 0.1) is 0 Å². The lowest BCUT2D eigenvalue weighted by Gasteiger charge is -2.48. The van der Waals surface area contributed by atoms with Crippen LogP contribution < -0.4 is 0 Å². The van der Waals surface area contributed by atoms with E-state index in [0.29, 0.717) is 28.2 Å². The van der Waals surface area contributed by atoms with Crippen molar-refractivity contribution in [3.63, 3.8) is 0 Å². The Labute approximate surface area is 177 Å². The maximum Gasteiger partial charge on any atom is 0.349 e. The van der Waals surface area contributed by atoms with Gasteiger partial charge in [-0.3, -0.25) is 4.90 Å². The summed E-state index contributed by atoms with van der Waals surface area (Å²) in [5, 5.41) is 12.2. The van der Waals surface area contributed by atoms with E-state index >= 15 is 0 Å². The number of nitrogens with zero attached hydrogens (tertiary/aromatic N) is 1. The molecule has 0 aliphatic carbocycles. The van der Waals surface area contributed by atoms with Crippen molar-refractivity contribution in [2.24, 2.45) is 0 Å². The number of fused-ring (bicyclic) bond motifs is 2. The monoisotopic (exact) mass is 413 g/mol. The topological polar surface area (TPSA) is 49.8 Å². The van der Waals surface area contributed by atoms with Gasteiger partial charge in [0.05, 0.1) is 0 Å². The van der Waals surface area contributed by atoms with Gasteiger partial charge in [-0.15, -0.1) is 0 Å². The molecule has 2 aliphatic heterocycles. The van der Waals surface area contributed by atoms with Crippen molar-refractivity contribution in [3.05, 3.63) is 70.7 Å². The number of rotatable bonds is 5. The first kappa shape index (κ1) is 20.4. The smallest absolute Gasteiger partial charge is 0.349 e. The highest BCUT2D eigenvalue weighted by Gasteiger charge is 2.45. The third-order valence-electron chi connectivity index (χ3n) is 6.44. The number of aliphatic hydroxyl groups is 1. The Morgan fingerprint density at radius 3 is 2.07 bits per heavy atom. The maximum atomic E-state index is 13.4. The number of ether oxygens (including phenoxy) is 1. The van der Waals surface area contributed by atoms with Gasteiger partial charge in [0, 0.05) is 17.1 Å². The van der Waals surface area contributed by atoms with Crippen molar-refractivity contribution in [2.75, 3.05) is 0 Å². The summed E-state index contributed by atoms with van der Waals surface area (Å²) in [6, 6.07) is 16.6. The summed E-state index contributed by atoms with van der Waals surface area (Å²) in [5.41, 5.74) is -0.951. The Morgan fingerprint density at radius 2 is 1.52 bits per heavy atom. The van der Waals surface area contributed by atoms with Gasteiger partial charge < -0.3 is 9.84 Å². The lowest BCUT2D eigenvalue weighted by molar-refractivity contribution is -0.185. The molecule has 2 aromatic carbocycles. The zero-order valence-electron chi connectivity index (χ0n) is 16.8. The maximum absolute atomic E-state index is 13.4. The molecule has 2 aromatic rings. The summed E-state index contributed by atoms with van der Waals surface area (Å²) in [4.78, 5) is 15.8. The molecular formula is C24H28ClNO3. The van der Waals surface area contributed by atoms with Crippen LogP contribution in [0.5, 0.6) is 0 Å². The van der Waals surface area contributed by atoms with Gasteiger partial charge in [-0.05, 0) is 55.9 Å². The highest BCUT2D eigenvalue weighted by molar-refractivity contribution is 6.30. The fraction of sp³-hybridized carbons (Fsp3) is 0.458. The summed E-state index contributed by atoms with van der Waals surface area (Å²) in [6.07, 6.45) is 6.71. The van der Waals surface area contributed by atoms with Crippen LogP contribution in [-0.4, -0.2) is 34.3 Å². The van der Waals surface area contributed by atoms with E-state index in [4.69, 9.17) is 16.3 Å². The molecule has 2 aliphatic rings. The molecule has 0 aromatic heterocycles. The molecular weight excluding hydrogens is 386 g/mol. The SMILES string of the molecule is CC(OC(=O)C(O)(c1ccccc1)c1ccc(Cl)cc1)N1C2CCCC1CCC2. The average molecular weight is 414 g/mol. The minimum atomic E-state index is -1.88. The number of hydrogen-bond donors (Lipinski definition) is 1. The van der Waals surface area contributed by atoms with Gasteiger partial charge in [-0.25, -0.2) is 4.79 Å². The van der Waals surface area contributed by atoms with Gasteiger partial charge in [0.2, 0.25) is 5.60 Å². The van der Waals surface area contributed by atoms with Crippen LogP contribution in [0.4, 0.5) is 0 Å². The van der Waals surface area contributed by atoms with Gasteiger partial charge in [0.1, 0.15) is 0 Å². The van der Waals surface area contributed by atoms with Crippen LogP contribution in [0.25, 0.3) is 0 Å². The summed E-state index contributed by atoms with van der Waals surface area (Å²) >= 11 is 6.02.